The van der Waals surface area contributed by atoms with Crippen LogP contribution in [0.2, 0.25) is 10.0 Å². The maximum Gasteiger partial charge on any atom is 0.417 e. The SMILES string of the molecule is CCCCC(OCNc1ccc(Cl)c(NC(=O)C(C(=O)C(C)(C)C)(N2C(=O)C(OCC)N(Cc3ccccc3)C2=O)N(C(=O)OC(C)(C)C)c2ccc(N(CC)CCNS(C)(=O)=O)cc2C)c1)Oc1ccc(C)cc1C.CCCCCCCCCCCCOC(=O)C(C)OC(=O)c1ccc(Cl)c(NC(=O)C(C(=O)C(C)(C)C)(N(C(=O)NCCCC)c2ccc(N(CC)CCNS(C)(=O)=O)cc2C)n2ccnc2)c1. The first-order chi connectivity index (χ1) is 67.4. The van der Waals surface area contributed by atoms with E-state index in [4.69, 9.17) is 51.6 Å². The number of sulfonamides is 2. The fourth-order valence-corrected chi connectivity index (χ4v) is 17.5. The smallest absolute Gasteiger partial charge is 0.417 e. The Morgan fingerprint density at radius 1 is 0.573 bits per heavy atom. The predicted molar refractivity (Wildman–Crippen MR) is 562 cm³/mol. The Morgan fingerprint density at radius 3 is 1.62 bits per heavy atom. The predicted octanol–water partition coefficient (Wildman–Crippen LogP) is 19.3. The average Bonchev–Trinajstić information content (AvgIpc) is 1.65. The first kappa shape index (κ1) is 119. The Labute approximate surface area is 855 Å². The third kappa shape index (κ3) is 33.4. The number of carbonyl (C=O) groups excluding carboxylic acids is 10. The number of likely N-dealkylation sites (N-methyl/N-ethyl adjacent to an activating group) is 2. The summed E-state index contributed by atoms with van der Waals surface area (Å²) in [4.78, 5) is 162. The normalized spacial score (nSPS) is 14.2. The van der Waals surface area contributed by atoms with Gasteiger partial charge in [-0.2, -0.15) is 0 Å². The van der Waals surface area contributed by atoms with Crippen LogP contribution in [0.25, 0.3) is 0 Å². The van der Waals surface area contributed by atoms with Crippen molar-refractivity contribution in [3.8, 4) is 5.75 Å². The van der Waals surface area contributed by atoms with Crippen molar-refractivity contribution in [1.82, 2.24) is 34.1 Å². The number of nitrogens with one attached hydrogen (secondary N) is 6. The van der Waals surface area contributed by atoms with Gasteiger partial charge in [0.1, 0.15) is 18.1 Å². The van der Waals surface area contributed by atoms with Crippen molar-refractivity contribution in [3.63, 3.8) is 0 Å². The number of aryl methyl sites for hydroxylation is 4. The van der Waals surface area contributed by atoms with Crippen LogP contribution in [0.5, 0.6) is 5.75 Å². The summed E-state index contributed by atoms with van der Waals surface area (Å²) in [6, 6.07) is 31.5. The monoisotopic (exact) mass is 2060 g/mol. The Hall–Kier alpha value is -11.3. The number of unbranched alkanes of at least 4 members (excludes halogenated alkanes) is 11. The summed E-state index contributed by atoms with van der Waals surface area (Å²) in [7, 11) is -6.93. The molecule has 1 aliphatic heterocycles. The molecule has 1 fully saturated rings. The van der Waals surface area contributed by atoms with Crippen molar-refractivity contribution in [2.24, 2.45) is 10.8 Å². The number of amides is 8. The summed E-state index contributed by atoms with van der Waals surface area (Å²) in [5, 5.41) is 11.7. The molecule has 8 amide bonds. The van der Waals surface area contributed by atoms with Gasteiger partial charge in [-0.25, -0.2) is 65.0 Å². The molecule has 0 radical (unpaired) electrons. The summed E-state index contributed by atoms with van der Waals surface area (Å²) in [5.74, 6) is -6.04. The fraction of sp³-hybridized carbons (Fsp3) is 0.533. The second-order valence-corrected chi connectivity index (χ2v) is 43.1. The Balaban J connectivity index is 0.000000391. The lowest BCUT2D eigenvalue weighted by atomic mass is 9.79. The molecule has 0 bridgehead atoms. The van der Waals surface area contributed by atoms with Crippen molar-refractivity contribution in [1.29, 1.82) is 0 Å². The Bertz CT molecular complexity index is 5700. The minimum atomic E-state index is -3.50. The molecule has 1 saturated heterocycles. The van der Waals surface area contributed by atoms with Gasteiger partial charge in [0.2, 0.25) is 32.6 Å². The summed E-state index contributed by atoms with van der Waals surface area (Å²) >= 11 is 13.6. The molecule has 1 aliphatic rings. The van der Waals surface area contributed by atoms with Crippen molar-refractivity contribution < 1.29 is 93.2 Å². The second kappa shape index (κ2) is 54.6. The van der Waals surface area contributed by atoms with Gasteiger partial charge in [0, 0.05) is 99.1 Å². The number of halogens is 2. The third-order valence-electron chi connectivity index (χ3n) is 23.5. The molecule has 0 spiro atoms. The number of ether oxygens (including phenoxy) is 6. The van der Waals surface area contributed by atoms with E-state index in [1.165, 1.54) is 126 Å². The van der Waals surface area contributed by atoms with Crippen LogP contribution in [0.15, 0.2) is 140 Å². The van der Waals surface area contributed by atoms with Crippen molar-refractivity contribution in [3.05, 3.63) is 183 Å². The van der Waals surface area contributed by atoms with Crippen LogP contribution in [0.1, 0.15) is 245 Å². The molecule has 6 aromatic carbocycles. The number of hydrogen-bond donors (Lipinski definition) is 6. The van der Waals surface area contributed by atoms with Gasteiger partial charge in [0.25, 0.3) is 29.0 Å². The summed E-state index contributed by atoms with van der Waals surface area (Å²) in [6.45, 7) is 36.6. The van der Waals surface area contributed by atoms with Gasteiger partial charge in [0.15, 0.2) is 17.7 Å². The van der Waals surface area contributed by atoms with Gasteiger partial charge >= 0.3 is 30.1 Å². The van der Waals surface area contributed by atoms with Gasteiger partial charge in [-0.3, -0.25) is 38.3 Å². The first-order valence-corrected chi connectivity index (χ1v) is 53.7. The molecule has 2 heterocycles. The van der Waals surface area contributed by atoms with E-state index in [1.807, 2.05) is 62.6 Å². The van der Waals surface area contributed by atoms with Crippen molar-refractivity contribution in [2.45, 2.75) is 277 Å². The van der Waals surface area contributed by atoms with E-state index in [-0.39, 0.29) is 91.0 Å². The molecule has 0 aliphatic carbocycles. The molecular weight excluding hydrogens is 1910 g/mol. The Kier molecular flexibility index (Phi) is 45.3. The molecule has 8 rings (SSSR count). The molecule has 143 heavy (non-hydrogen) atoms. The van der Waals surface area contributed by atoms with Crippen LogP contribution in [-0.2, 0) is 84.7 Å². The van der Waals surface area contributed by atoms with Crippen molar-refractivity contribution >= 4 is 142 Å². The first-order valence-electron chi connectivity index (χ1n) is 49.2. The zero-order chi connectivity index (χ0) is 106. The maximum absolute atomic E-state index is 16.3. The molecule has 1 aromatic heterocycles. The number of aromatic nitrogens is 2. The standard InChI is InChI=1S/C56H76ClN7O11S.C49H74ClN7O9S/c1-14-17-23-47(74-46-29-24-37(4)32-39(46)6)73-36-58-41-25-27-43(57)44(34-41)60-51(67)56(50(66)54(7,8)9,64-48(65)49(72-16-3)62(52(64)68)35-40-21-19-18-20-22-40)63(53(69)75-55(10,11)12)45-28-26-42(33-38(45)5)61(15-2)31-30-59-76(13,70)71;1-10-13-15-16-17-18-19-20-21-22-32-65-43(58)37(5)66-44(59)38-23-25-40(50)41(34-38)54-46(61)49(45(60)48(6,7)8,56-31-28-51-35-56)57(47(62)52-27-14-11-2)42-26-24-39(33-36(42)4)55(12-3)30-29-53-67(9,63)64/h18-22,24-29,32-34,47,49,58-59H,14-17,23,30-31,35-36H2,1-13H3,(H,60,67);23-26,28,31,33-35,37,53H,10-22,27,29-30,32H2,1-9H3,(H,52,62)(H,54,61). The fourth-order valence-electron chi connectivity index (χ4n) is 16.2. The number of carbonyl (C=O) groups is 10. The number of imidazole rings is 1. The third-order valence-corrected chi connectivity index (χ3v) is 25.6. The van der Waals surface area contributed by atoms with Gasteiger partial charge in [0.05, 0.1) is 70.3 Å². The van der Waals surface area contributed by atoms with E-state index in [0.717, 1.165) is 76.9 Å². The molecule has 34 nitrogen and oxygen atoms in total. The summed E-state index contributed by atoms with van der Waals surface area (Å²) < 4.78 is 89.3. The molecule has 786 valence electrons. The quantitative estimate of drug-likeness (QED) is 0.00515. The number of anilines is 7. The van der Waals surface area contributed by atoms with Gasteiger partial charge in [-0.15, -0.1) is 0 Å². The minimum Gasteiger partial charge on any atom is -0.465 e. The lowest BCUT2D eigenvalue weighted by molar-refractivity contribution is -0.156. The van der Waals surface area contributed by atoms with Crippen LogP contribution >= 0.6 is 23.2 Å². The van der Waals surface area contributed by atoms with Crippen LogP contribution in [-0.4, -0.2) is 204 Å². The van der Waals surface area contributed by atoms with E-state index < -0.39 is 126 Å². The number of Topliss-reactive ketones (excluding diaryl/α,β-unsaturated/α-hetero) is 2. The van der Waals surface area contributed by atoms with Crippen LogP contribution in [0, 0.1) is 38.5 Å². The molecule has 38 heteroatoms. The highest BCUT2D eigenvalue weighted by Gasteiger charge is 2.69. The number of urea groups is 2. The van der Waals surface area contributed by atoms with E-state index in [0.29, 0.717) is 83.3 Å². The number of rotatable bonds is 54. The van der Waals surface area contributed by atoms with Crippen molar-refractivity contribution in [2.75, 3.05) is 114 Å². The van der Waals surface area contributed by atoms with E-state index >= 15 is 33.6 Å². The summed E-state index contributed by atoms with van der Waals surface area (Å²) in [5.41, 5.74) is -4.73. The zero-order valence-electron chi connectivity index (χ0n) is 87.2. The van der Waals surface area contributed by atoms with Crippen LogP contribution in [0.3, 0.4) is 0 Å². The summed E-state index contributed by atoms with van der Waals surface area (Å²) in [6.07, 6.45) is 16.5. The lowest BCUT2D eigenvalue weighted by Crippen LogP contribution is -2.76. The van der Waals surface area contributed by atoms with Gasteiger partial charge in [-0.1, -0.05) is 204 Å². The molecule has 7 aromatic rings. The highest BCUT2D eigenvalue weighted by molar-refractivity contribution is 7.89. The highest BCUT2D eigenvalue weighted by atomic mass is 35.5. The Morgan fingerprint density at radius 2 is 1.10 bits per heavy atom. The van der Waals surface area contributed by atoms with Crippen LogP contribution < -0.4 is 55.0 Å². The second-order valence-electron chi connectivity index (χ2n) is 38.7. The number of hydrogen-bond acceptors (Lipinski definition) is 24. The van der Waals surface area contributed by atoms with E-state index in [9.17, 15) is 31.2 Å². The molecule has 6 N–H and O–H groups in total. The van der Waals surface area contributed by atoms with Crippen LogP contribution in [0.4, 0.5) is 54.2 Å². The number of nitrogens with zero attached hydrogens (tertiary/aromatic N) is 8. The molecule has 5 atom stereocenters. The molecule has 0 saturated carbocycles. The minimum absolute atomic E-state index is 0.00101. The average molecular weight is 2060 g/mol. The largest absolute Gasteiger partial charge is 0.465 e. The number of benzene rings is 6. The topological polar surface area (TPSA) is 404 Å². The van der Waals surface area contributed by atoms with E-state index in [2.05, 4.69) is 49.5 Å². The highest BCUT2D eigenvalue weighted by Crippen LogP contribution is 2.46. The number of esters is 2. The van der Waals surface area contributed by atoms with Gasteiger partial charge < -0.3 is 59.5 Å². The zero-order valence-corrected chi connectivity index (χ0v) is 90.4. The van der Waals surface area contributed by atoms with Gasteiger partial charge in [-0.05, 0) is 197 Å². The molecular formula is C105H150Cl2N14O20S2. The lowest BCUT2D eigenvalue weighted by Gasteiger charge is -2.47. The van der Waals surface area contributed by atoms with E-state index in [1.54, 1.807) is 129 Å². The maximum atomic E-state index is 16.3. The number of imide groups is 1. The molecule has 5 unspecified atom stereocenters. The number of ketones is 2.